The van der Waals surface area contributed by atoms with Crippen molar-refractivity contribution in [3.8, 4) is 0 Å². The zero-order valence-corrected chi connectivity index (χ0v) is 17.3. The van der Waals surface area contributed by atoms with Gasteiger partial charge in [0.15, 0.2) is 0 Å². The summed E-state index contributed by atoms with van der Waals surface area (Å²) in [7, 11) is -3.83. The summed E-state index contributed by atoms with van der Waals surface area (Å²) < 4.78 is 27.4. The molecule has 0 radical (unpaired) electrons. The topological polar surface area (TPSA) is 118 Å². The van der Waals surface area contributed by atoms with Crippen molar-refractivity contribution in [1.82, 2.24) is 0 Å². The maximum atomic E-state index is 12.5. The van der Waals surface area contributed by atoms with Crippen LogP contribution in [0.25, 0.3) is 0 Å². The third kappa shape index (κ3) is 5.07. The fourth-order valence-electron chi connectivity index (χ4n) is 2.45. The molecule has 8 nitrogen and oxygen atoms in total. The Bertz CT molecular complexity index is 1210. The molecule has 0 bridgehead atoms. The molecular weight excluding hydrogens is 453 g/mol. The first-order valence-electron chi connectivity index (χ1n) is 8.29. The Labute approximate surface area is 181 Å². The maximum absolute atomic E-state index is 12.5. The highest BCUT2D eigenvalue weighted by atomic mass is 35.5. The number of nitro benzene ring substituents is 1. The van der Waals surface area contributed by atoms with Gasteiger partial charge in [-0.25, -0.2) is 8.42 Å². The molecule has 0 aromatic heterocycles. The lowest BCUT2D eigenvalue weighted by Gasteiger charge is -2.10. The van der Waals surface area contributed by atoms with Crippen LogP contribution in [0.2, 0.25) is 10.0 Å². The van der Waals surface area contributed by atoms with Crippen molar-refractivity contribution in [1.29, 1.82) is 0 Å². The molecule has 154 valence electrons. The average molecular weight is 466 g/mol. The standard InChI is InChI=1S/C19H13Cl2N3O5S/c20-12-1-3-14(4-2-12)23-30(28,29)16-8-5-13(6-9-16)22-19(25)17-10-7-15(24(26)27)11-18(17)21/h1-11,23H,(H,22,25). The molecule has 0 unspecified atom stereocenters. The molecule has 11 heteroatoms. The van der Waals surface area contributed by atoms with Crippen LogP contribution < -0.4 is 10.0 Å². The minimum atomic E-state index is -3.83. The number of carbonyl (C=O) groups is 1. The molecule has 0 aliphatic heterocycles. The first kappa shape index (κ1) is 21.6. The smallest absolute Gasteiger partial charge is 0.270 e. The molecule has 2 N–H and O–H groups in total. The summed E-state index contributed by atoms with van der Waals surface area (Å²) in [6.07, 6.45) is 0. The summed E-state index contributed by atoms with van der Waals surface area (Å²) in [5.41, 5.74) is 0.479. The van der Waals surface area contributed by atoms with Gasteiger partial charge in [-0.3, -0.25) is 19.6 Å². The van der Waals surface area contributed by atoms with Crippen molar-refractivity contribution in [2.75, 3.05) is 10.0 Å². The molecule has 3 aromatic rings. The third-order valence-corrected chi connectivity index (χ3v) is 5.89. The Morgan fingerprint density at radius 3 is 2.07 bits per heavy atom. The maximum Gasteiger partial charge on any atom is 0.270 e. The summed E-state index contributed by atoms with van der Waals surface area (Å²) in [5, 5.41) is 13.7. The Morgan fingerprint density at radius 2 is 1.50 bits per heavy atom. The van der Waals surface area contributed by atoms with Crippen molar-refractivity contribution in [2.24, 2.45) is 0 Å². The summed E-state index contributed by atoms with van der Waals surface area (Å²) in [4.78, 5) is 22.5. The fraction of sp³-hybridized carbons (Fsp3) is 0. The Morgan fingerprint density at radius 1 is 0.900 bits per heavy atom. The van der Waals surface area contributed by atoms with Crippen molar-refractivity contribution in [3.05, 3.63) is 92.5 Å². The molecule has 0 aliphatic carbocycles. The largest absolute Gasteiger partial charge is 0.322 e. The van der Waals surface area contributed by atoms with Crippen LogP contribution in [0.3, 0.4) is 0 Å². The Hall–Kier alpha value is -3.14. The van der Waals surface area contributed by atoms with E-state index < -0.39 is 20.9 Å². The predicted octanol–water partition coefficient (Wildman–Crippen LogP) is 4.95. The lowest BCUT2D eigenvalue weighted by molar-refractivity contribution is -0.384. The highest BCUT2D eigenvalue weighted by Gasteiger charge is 2.17. The molecule has 0 fully saturated rings. The lowest BCUT2D eigenvalue weighted by atomic mass is 10.2. The molecular formula is C19H13Cl2N3O5S. The van der Waals surface area contributed by atoms with Gasteiger partial charge in [0.05, 0.1) is 20.4 Å². The van der Waals surface area contributed by atoms with Gasteiger partial charge in [0, 0.05) is 28.5 Å². The number of nitrogens with zero attached hydrogens (tertiary/aromatic N) is 1. The number of halogens is 2. The number of sulfonamides is 1. The Kier molecular flexibility index (Phi) is 6.25. The molecule has 1 amide bonds. The van der Waals surface area contributed by atoms with Crippen molar-refractivity contribution in [3.63, 3.8) is 0 Å². The second-order valence-electron chi connectivity index (χ2n) is 6.01. The minimum absolute atomic E-state index is 0.0104. The van der Waals surface area contributed by atoms with Crippen LogP contribution in [0.5, 0.6) is 0 Å². The summed E-state index contributed by atoms with van der Waals surface area (Å²) in [6.45, 7) is 0. The monoisotopic (exact) mass is 465 g/mol. The highest BCUT2D eigenvalue weighted by Crippen LogP contribution is 2.24. The van der Waals surface area contributed by atoms with Crippen LogP contribution >= 0.6 is 23.2 Å². The summed E-state index contributed by atoms with van der Waals surface area (Å²) in [5.74, 6) is -0.593. The molecule has 3 rings (SSSR count). The number of nitro groups is 1. The number of nitrogens with one attached hydrogen (secondary N) is 2. The zero-order chi connectivity index (χ0) is 21.9. The second-order valence-corrected chi connectivity index (χ2v) is 8.54. The van der Waals surface area contributed by atoms with Crippen molar-refractivity contribution >= 4 is 56.2 Å². The molecule has 30 heavy (non-hydrogen) atoms. The van der Waals surface area contributed by atoms with Crippen LogP contribution in [0, 0.1) is 10.1 Å². The number of carbonyl (C=O) groups excluding carboxylic acids is 1. The zero-order valence-electron chi connectivity index (χ0n) is 15.0. The van der Waals surface area contributed by atoms with E-state index in [1.807, 2.05) is 0 Å². The SMILES string of the molecule is O=C(Nc1ccc(S(=O)(=O)Nc2ccc(Cl)cc2)cc1)c1ccc([N+](=O)[O-])cc1Cl. The van der Waals surface area contributed by atoms with Crippen LogP contribution in [-0.2, 0) is 10.0 Å². The van der Waals surface area contributed by atoms with Gasteiger partial charge < -0.3 is 5.32 Å². The first-order chi connectivity index (χ1) is 14.2. The van der Waals surface area contributed by atoms with Gasteiger partial charge in [-0.15, -0.1) is 0 Å². The van der Waals surface area contributed by atoms with Gasteiger partial charge in [0.2, 0.25) is 0 Å². The molecule has 3 aromatic carbocycles. The van der Waals surface area contributed by atoms with Gasteiger partial charge in [0.1, 0.15) is 0 Å². The van der Waals surface area contributed by atoms with Crippen LogP contribution in [0.4, 0.5) is 17.1 Å². The van der Waals surface area contributed by atoms with E-state index in [4.69, 9.17) is 23.2 Å². The van der Waals surface area contributed by atoms with E-state index in [2.05, 4.69) is 10.0 Å². The Balaban J connectivity index is 1.73. The number of hydrogen-bond acceptors (Lipinski definition) is 5. The normalized spacial score (nSPS) is 11.0. The van der Waals surface area contributed by atoms with Gasteiger partial charge in [-0.2, -0.15) is 0 Å². The van der Waals surface area contributed by atoms with Crippen LogP contribution in [0.15, 0.2) is 71.6 Å². The van der Waals surface area contributed by atoms with E-state index in [0.717, 1.165) is 6.07 Å². The molecule has 0 atom stereocenters. The van der Waals surface area contributed by atoms with Gasteiger partial charge in [-0.1, -0.05) is 23.2 Å². The molecule has 0 saturated heterocycles. The summed E-state index contributed by atoms with van der Waals surface area (Å²) in [6, 6.07) is 15.1. The van der Waals surface area contributed by atoms with Crippen LogP contribution in [0.1, 0.15) is 10.4 Å². The number of non-ortho nitro benzene ring substituents is 1. The van der Waals surface area contributed by atoms with E-state index in [0.29, 0.717) is 16.4 Å². The fourth-order valence-corrected chi connectivity index (χ4v) is 3.89. The lowest BCUT2D eigenvalue weighted by Crippen LogP contribution is -2.14. The van der Waals surface area contributed by atoms with Gasteiger partial charge in [-0.05, 0) is 54.6 Å². The third-order valence-electron chi connectivity index (χ3n) is 3.93. The number of rotatable bonds is 6. The van der Waals surface area contributed by atoms with E-state index in [-0.39, 0.29) is 21.2 Å². The molecule has 0 saturated carbocycles. The first-order valence-corrected chi connectivity index (χ1v) is 10.5. The van der Waals surface area contributed by atoms with E-state index in [9.17, 15) is 23.3 Å². The van der Waals surface area contributed by atoms with Crippen molar-refractivity contribution in [2.45, 2.75) is 4.90 Å². The quantitative estimate of drug-likeness (QED) is 0.394. The van der Waals surface area contributed by atoms with E-state index in [1.165, 1.54) is 48.5 Å². The molecule has 0 aliphatic rings. The summed E-state index contributed by atoms with van der Waals surface area (Å²) >= 11 is 11.7. The second kappa shape index (κ2) is 8.70. The number of amides is 1. The average Bonchev–Trinajstić information content (AvgIpc) is 2.69. The van der Waals surface area contributed by atoms with E-state index >= 15 is 0 Å². The predicted molar refractivity (Wildman–Crippen MR) is 115 cm³/mol. The number of hydrogen-bond donors (Lipinski definition) is 2. The van der Waals surface area contributed by atoms with E-state index in [1.54, 1.807) is 12.1 Å². The number of anilines is 2. The van der Waals surface area contributed by atoms with Gasteiger partial charge >= 0.3 is 0 Å². The van der Waals surface area contributed by atoms with Crippen molar-refractivity contribution < 1.29 is 18.1 Å². The van der Waals surface area contributed by atoms with Crippen LogP contribution in [-0.4, -0.2) is 19.2 Å². The molecule has 0 heterocycles. The molecule has 0 spiro atoms. The van der Waals surface area contributed by atoms with Gasteiger partial charge in [0.25, 0.3) is 21.6 Å². The highest BCUT2D eigenvalue weighted by molar-refractivity contribution is 7.92. The number of benzene rings is 3. The minimum Gasteiger partial charge on any atom is -0.322 e.